The lowest BCUT2D eigenvalue weighted by Crippen LogP contribution is -2.45. The molecule has 5 nitrogen and oxygen atoms in total. The van der Waals surface area contributed by atoms with Crippen molar-refractivity contribution in [1.82, 2.24) is 10.2 Å². The fourth-order valence-corrected chi connectivity index (χ4v) is 3.38. The van der Waals surface area contributed by atoms with E-state index in [-0.39, 0.29) is 6.09 Å². The maximum atomic E-state index is 12.1. The summed E-state index contributed by atoms with van der Waals surface area (Å²) < 4.78 is 10.9. The predicted octanol–water partition coefficient (Wildman–Crippen LogP) is 3.04. The van der Waals surface area contributed by atoms with Gasteiger partial charge < -0.3 is 19.7 Å². The minimum absolute atomic E-state index is 0.167. The normalized spacial score (nSPS) is 22.9. The molecule has 0 bridgehead atoms. The molecule has 5 heteroatoms. The summed E-state index contributed by atoms with van der Waals surface area (Å²) in [6.07, 6.45) is 4.30. The quantitative estimate of drug-likeness (QED) is 0.863. The van der Waals surface area contributed by atoms with Crippen LogP contribution < -0.4 is 5.32 Å². The van der Waals surface area contributed by atoms with Gasteiger partial charge in [-0.15, -0.1) is 0 Å². The van der Waals surface area contributed by atoms with Crippen LogP contribution in [0.5, 0.6) is 0 Å². The molecule has 2 aliphatic heterocycles. The smallest absolute Gasteiger partial charge is 0.410 e. The number of amides is 1. The highest BCUT2D eigenvalue weighted by molar-refractivity contribution is 5.68. The molecule has 1 atom stereocenters. The Morgan fingerprint density at radius 1 is 1.22 bits per heavy atom. The highest BCUT2D eigenvalue weighted by Crippen LogP contribution is 2.21. The third-order valence-corrected chi connectivity index (χ3v) is 4.97. The number of hydrogen-bond acceptors (Lipinski definition) is 4. The first kappa shape index (κ1) is 18.5. The molecule has 1 N–H and O–H groups in total. The molecular weight excluding hydrogens is 292 g/mol. The summed E-state index contributed by atoms with van der Waals surface area (Å²) in [4.78, 5) is 13.9. The zero-order valence-corrected chi connectivity index (χ0v) is 15.3. The van der Waals surface area contributed by atoms with Crippen molar-refractivity contribution in [3.8, 4) is 0 Å². The topological polar surface area (TPSA) is 50.8 Å². The molecule has 2 saturated heterocycles. The van der Waals surface area contributed by atoms with Crippen molar-refractivity contribution in [2.75, 3.05) is 32.8 Å². The monoisotopic (exact) mass is 326 g/mol. The fourth-order valence-electron chi connectivity index (χ4n) is 3.38. The largest absolute Gasteiger partial charge is 0.444 e. The van der Waals surface area contributed by atoms with Gasteiger partial charge in [-0.2, -0.15) is 0 Å². The van der Waals surface area contributed by atoms with Crippen LogP contribution in [0.3, 0.4) is 0 Å². The van der Waals surface area contributed by atoms with Gasteiger partial charge >= 0.3 is 6.09 Å². The van der Waals surface area contributed by atoms with Crippen LogP contribution in [0.1, 0.15) is 53.4 Å². The molecule has 134 valence electrons. The first-order valence-corrected chi connectivity index (χ1v) is 9.14. The van der Waals surface area contributed by atoms with Crippen molar-refractivity contribution in [2.24, 2.45) is 11.8 Å². The zero-order valence-electron chi connectivity index (χ0n) is 15.3. The molecule has 23 heavy (non-hydrogen) atoms. The number of hydrogen-bond donors (Lipinski definition) is 1. The molecule has 0 radical (unpaired) electrons. The van der Waals surface area contributed by atoms with E-state index in [2.05, 4.69) is 12.2 Å². The number of nitrogens with one attached hydrogen (secondary N) is 1. The Bertz CT molecular complexity index is 367. The molecule has 2 fully saturated rings. The van der Waals surface area contributed by atoms with E-state index in [1.54, 1.807) is 0 Å². The van der Waals surface area contributed by atoms with Gasteiger partial charge in [-0.25, -0.2) is 4.79 Å². The first-order chi connectivity index (χ1) is 10.8. The van der Waals surface area contributed by atoms with Crippen LogP contribution in [0.2, 0.25) is 0 Å². The molecule has 2 rings (SSSR count). The number of nitrogens with zero attached hydrogens (tertiary/aromatic N) is 1. The van der Waals surface area contributed by atoms with E-state index in [0.29, 0.717) is 12.0 Å². The minimum atomic E-state index is -0.408. The first-order valence-electron chi connectivity index (χ1n) is 9.14. The molecule has 1 amide bonds. The Hall–Kier alpha value is -0.810. The number of piperidine rings is 1. The molecule has 0 aromatic heterocycles. The number of rotatable bonds is 4. The van der Waals surface area contributed by atoms with Gasteiger partial charge in [-0.1, -0.05) is 0 Å². The van der Waals surface area contributed by atoms with E-state index < -0.39 is 5.60 Å². The summed E-state index contributed by atoms with van der Waals surface area (Å²) in [5.41, 5.74) is -0.408. The molecule has 0 aromatic carbocycles. The van der Waals surface area contributed by atoms with Crippen molar-refractivity contribution < 1.29 is 14.3 Å². The molecule has 0 saturated carbocycles. The molecular formula is C18H34N2O3. The lowest BCUT2D eigenvalue weighted by atomic mass is 9.91. The lowest BCUT2D eigenvalue weighted by molar-refractivity contribution is 0.0180. The molecule has 0 spiro atoms. The standard InChI is InChI=1S/C18H34N2O3/c1-14(16-7-11-22-12-8-16)19-13-15-5-9-20(10-6-15)17(21)23-18(2,3)4/h14-16,19H,5-13H2,1-4H3. The van der Waals surface area contributed by atoms with E-state index in [9.17, 15) is 4.79 Å². The SMILES string of the molecule is CC(NCC1CCN(C(=O)OC(C)(C)C)CC1)C1CCOCC1. The Kier molecular flexibility index (Phi) is 6.72. The van der Waals surface area contributed by atoms with Crippen molar-refractivity contribution in [3.05, 3.63) is 0 Å². The van der Waals surface area contributed by atoms with E-state index in [1.807, 2.05) is 25.7 Å². The van der Waals surface area contributed by atoms with Crippen LogP contribution >= 0.6 is 0 Å². The average molecular weight is 326 g/mol. The third-order valence-electron chi connectivity index (χ3n) is 4.97. The van der Waals surface area contributed by atoms with E-state index in [1.165, 1.54) is 12.8 Å². The van der Waals surface area contributed by atoms with Gasteiger partial charge in [0, 0.05) is 32.3 Å². The van der Waals surface area contributed by atoms with Crippen LogP contribution in [-0.4, -0.2) is 55.5 Å². The van der Waals surface area contributed by atoms with Crippen LogP contribution in [0.4, 0.5) is 4.79 Å². The summed E-state index contributed by atoms with van der Waals surface area (Å²) in [5, 5.41) is 3.71. The molecule has 1 unspecified atom stereocenters. The van der Waals surface area contributed by atoms with Gasteiger partial charge in [0.1, 0.15) is 5.60 Å². The van der Waals surface area contributed by atoms with Crippen molar-refractivity contribution in [2.45, 2.75) is 65.0 Å². The third kappa shape index (κ3) is 6.30. The Morgan fingerprint density at radius 3 is 2.39 bits per heavy atom. The Morgan fingerprint density at radius 2 is 1.83 bits per heavy atom. The summed E-state index contributed by atoms with van der Waals surface area (Å²) >= 11 is 0. The van der Waals surface area contributed by atoms with Gasteiger partial charge in [0.05, 0.1) is 0 Å². The number of carbonyl (C=O) groups is 1. The Balaban J connectivity index is 1.65. The van der Waals surface area contributed by atoms with Gasteiger partial charge in [0.15, 0.2) is 0 Å². The number of likely N-dealkylation sites (tertiary alicyclic amines) is 1. The van der Waals surface area contributed by atoms with E-state index >= 15 is 0 Å². The van der Waals surface area contributed by atoms with E-state index in [4.69, 9.17) is 9.47 Å². The van der Waals surface area contributed by atoms with Crippen LogP contribution in [-0.2, 0) is 9.47 Å². The zero-order chi connectivity index (χ0) is 16.9. The predicted molar refractivity (Wildman–Crippen MR) is 91.5 cm³/mol. The second kappa shape index (κ2) is 8.34. The van der Waals surface area contributed by atoms with Crippen LogP contribution in [0, 0.1) is 11.8 Å². The average Bonchev–Trinajstić information content (AvgIpc) is 2.52. The van der Waals surface area contributed by atoms with Gasteiger partial charge in [-0.05, 0) is 71.8 Å². The highest BCUT2D eigenvalue weighted by Gasteiger charge is 2.27. The lowest BCUT2D eigenvalue weighted by Gasteiger charge is -2.35. The molecule has 2 heterocycles. The Labute approximate surface area is 141 Å². The molecule has 0 aromatic rings. The maximum Gasteiger partial charge on any atom is 0.410 e. The fraction of sp³-hybridized carbons (Fsp3) is 0.944. The molecule has 2 aliphatic rings. The van der Waals surface area contributed by atoms with Crippen molar-refractivity contribution >= 4 is 6.09 Å². The highest BCUT2D eigenvalue weighted by atomic mass is 16.6. The van der Waals surface area contributed by atoms with Gasteiger partial charge in [-0.3, -0.25) is 0 Å². The minimum Gasteiger partial charge on any atom is -0.444 e. The number of carbonyl (C=O) groups excluding carboxylic acids is 1. The summed E-state index contributed by atoms with van der Waals surface area (Å²) in [7, 11) is 0. The van der Waals surface area contributed by atoms with Crippen molar-refractivity contribution in [1.29, 1.82) is 0 Å². The van der Waals surface area contributed by atoms with Crippen molar-refractivity contribution in [3.63, 3.8) is 0 Å². The number of ether oxygens (including phenoxy) is 2. The summed E-state index contributed by atoms with van der Waals surface area (Å²) in [5.74, 6) is 1.40. The molecule has 0 aliphatic carbocycles. The maximum absolute atomic E-state index is 12.1. The van der Waals surface area contributed by atoms with E-state index in [0.717, 1.165) is 51.6 Å². The second-order valence-corrected chi connectivity index (χ2v) is 8.06. The summed E-state index contributed by atoms with van der Waals surface area (Å²) in [6.45, 7) is 12.5. The summed E-state index contributed by atoms with van der Waals surface area (Å²) in [6, 6.07) is 0.558. The van der Waals surface area contributed by atoms with Gasteiger partial charge in [0.25, 0.3) is 0 Å². The van der Waals surface area contributed by atoms with Crippen LogP contribution in [0.15, 0.2) is 0 Å². The van der Waals surface area contributed by atoms with Crippen LogP contribution in [0.25, 0.3) is 0 Å². The second-order valence-electron chi connectivity index (χ2n) is 8.06. The van der Waals surface area contributed by atoms with Gasteiger partial charge in [0.2, 0.25) is 0 Å².